The maximum Gasteiger partial charge on any atom is -0.0354 e. The molecule has 3 rings (SSSR count). The largest absolute Gasteiger partial charge is 0.0599 e. The van der Waals surface area contributed by atoms with Crippen LogP contribution in [0.3, 0.4) is 0 Å². The zero-order chi connectivity index (χ0) is 27.2. The lowest BCUT2D eigenvalue weighted by molar-refractivity contribution is 0.279. The lowest BCUT2D eigenvalue weighted by atomic mass is 9.81. The van der Waals surface area contributed by atoms with E-state index < -0.39 is 0 Å². The summed E-state index contributed by atoms with van der Waals surface area (Å²) in [7, 11) is 0. The Labute approximate surface area is 243 Å². The summed E-state index contributed by atoms with van der Waals surface area (Å²) in [5.41, 5.74) is 0.624. The van der Waals surface area contributed by atoms with E-state index in [1.54, 1.807) is 0 Å². The molecule has 0 heteroatoms. The highest BCUT2D eigenvalue weighted by Crippen LogP contribution is 2.31. The Morgan fingerprint density at radius 1 is 0.184 bits per heavy atom. The summed E-state index contributed by atoms with van der Waals surface area (Å²) in [4.78, 5) is 0. The molecule has 0 aromatic rings. The third-order valence-corrected chi connectivity index (χ3v) is 9.71. The molecule has 0 saturated heterocycles. The van der Waals surface area contributed by atoms with E-state index in [0.29, 0.717) is 5.41 Å². The molecular formula is C38H76. The first-order valence-corrected chi connectivity index (χ1v) is 18.7. The maximum atomic E-state index is 2.46. The topological polar surface area (TPSA) is 0 Å². The van der Waals surface area contributed by atoms with Gasteiger partial charge in [-0.1, -0.05) is 226 Å². The highest BCUT2D eigenvalue weighted by Gasteiger charge is 2.16. The average Bonchev–Trinajstić information content (AvgIpc) is 2.88. The molecule has 3 fully saturated rings. The van der Waals surface area contributed by atoms with Gasteiger partial charge in [-0.05, 0) is 18.3 Å². The Morgan fingerprint density at radius 2 is 0.289 bits per heavy atom. The van der Waals surface area contributed by atoms with Gasteiger partial charge in [0.05, 0.1) is 0 Å². The summed E-state index contributed by atoms with van der Waals surface area (Å²) in [6.07, 6.45) is 52.2. The van der Waals surface area contributed by atoms with E-state index >= 15 is 0 Å². The molecule has 3 aliphatic carbocycles. The van der Waals surface area contributed by atoms with Gasteiger partial charge in [0.15, 0.2) is 0 Å². The quantitative estimate of drug-likeness (QED) is 0.291. The first kappa shape index (κ1) is 36.0. The zero-order valence-electron chi connectivity index (χ0n) is 27.2. The first-order valence-electron chi connectivity index (χ1n) is 18.7. The van der Waals surface area contributed by atoms with Gasteiger partial charge in [-0.15, -0.1) is 0 Å². The lowest BCUT2D eigenvalue weighted by Crippen LogP contribution is -2.11. The monoisotopic (exact) mass is 533 g/mol. The van der Waals surface area contributed by atoms with Crippen molar-refractivity contribution in [3.8, 4) is 0 Å². The van der Waals surface area contributed by atoms with Gasteiger partial charge in [0, 0.05) is 0 Å². The molecule has 0 heterocycles. The minimum atomic E-state index is 0.624. The standard InChI is InChI=1S/C14H28.2C12H24/c1-14(2)12-10-8-6-4-3-5-7-9-11-13-14;2*1-2-4-6-8-10-12-11-9-7-5-3-1/h3-13H2,1-2H3;2*1-12H2. The minimum absolute atomic E-state index is 0.624. The van der Waals surface area contributed by atoms with Crippen LogP contribution >= 0.6 is 0 Å². The van der Waals surface area contributed by atoms with Crippen molar-refractivity contribution in [3.05, 3.63) is 0 Å². The third-order valence-electron chi connectivity index (χ3n) is 9.71. The highest BCUT2D eigenvalue weighted by molar-refractivity contribution is 4.69. The van der Waals surface area contributed by atoms with Crippen LogP contribution in [0.2, 0.25) is 0 Å². The molecule has 38 heavy (non-hydrogen) atoms. The lowest BCUT2D eigenvalue weighted by Gasteiger charge is -2.25. The molecule has 0 radical (unpaired) electrons. The van der Waals surface area contributed by atoms with Crippen molar-refractivity contribution < 1.29 is 0 Å². The summed E-state index contributed by atoms with van der Waals surface area (Å²) >= 11 is 0. The fourth-order valence-corrected chi connectivity index (χ4v) is 6.81. The van der Waals surface area contributed by atoms with Gasteiger partial charge in [0.1, 0.15) is 0 Å². The molecule has 0 atom stereocenters. The zero-order valence-corrected chi connectivity index (χ0v) is 27.2. The Morgan fingerprint density at radius 3 is 0.421 bits per heavy atom. The molecule has 3 aliphatic rings. The highest BCUT2D eigenvalue weighted by atomic mass is 14.2. The molecule has 3 saturated carbocycles. The SMILES string of the molecule is C1CCCCCCCCCCC1.C1CCCCCCCCCCC1.CC1(C)CCCCCCCCCCC1. The van der Waals surface area contributed by atoms with Crippen LogP contribution in [0.25, 0.3) is 0 Å². The number of hydrogen-bond donors (Lipinski definition) is 0. The summed E-state index contributed by atoms with van der Waals surface area (Å²) < 4.78 is 0. The number of hydrogen-bond acceptors (Lipinski definition) is 0. The molecule has 0 unspecified atom stereocenters. The molecule has 0 nitrogen and oxygen atoms in total. The molecule has 0 spiro atoms. The van der Waals surface area contributed by atoms with E-state index in [2.05, 4.69) is 13.8 Å². The molecule has 228 valence electrons. The Hall–Kier alpha value is 0. The molecule has 0 N–H and O–H groups in total. The van der Waals surface area contributed by atoms with E-state index in [-0.39, 0.29) is 0 Å². The van der Waals surface area contributed by atoms with Crippen LogP contribution < -0.4 is 0 Å². The average molecular weight is 533 g/mol. The van der Waals surface area contributed by atoms with Crippen molar-refractivity contribution in [3.63, 3.8) is 0 Å². The molecular weight excluding hydrogens is 456 g/mol. The van der Waals surface area contributed by atoms with Crippen LogP contribution in [0.1, 0.15) is 239 Å². The third kappa shape index (κ3) is 27.6. The van der Waals surface area contributed by atoms with Gasteiger partial charge in [-0.3, -0.25) is 0 Å². The first-order chi connectivity index (χ1) is 18.7. The van der Waals surface area contributed by atoms with E-state index in [9.17, 15) is 0 Å². The molecule has 0 aliphatic heterocycles. The van der Waals surface area contributed by atoms with Crippen LogP contribution in [-0.2, 0) is 0 Å². The Kier molecular flexibility index (Phi) is 27.0. The van der Waals surface area contributed by atoms with Gasteiger partial charge >= 0.3 is 0 Å². The predicted molar refractivity (Wildman–Crippen MR) is 175 cm³/mol. The Balaban J connectivity index is 0.000000286. The predicted octanol–water partition coefficient (Wildman–Crippen LogP) is 14.7. The van der Waals surface area contributed by atoms with Crippen LogP contribution in [0, 0.1) is 5.41 Å². The van der Waals surface area contributed by atoms with Gasteiger partial charge in [-0.25, -0.2) is 0 Å². The maximum absolute atomic E-state index is 2.46. The molecule has 0 bridgehead atoms. The van der Waals surface area contributed by atoms with E-state index in [4.69, 9.17) is 0 Å². The fourth-order valence-electron chi connectivity index (χ4n) is 6.81. The van der Waals surface area contributed by atoms with Gasteiger partial charge < -0.3 is 0 Å². The van der Waals surface area contributed by atoms with Crippen LogP contribution in [0.15, 0.2) is 0 Å². The minimum Gasteiger partial charge on any atom is -0.0599 e. The van der Waals surface area contributed by atoms with Crippen molar-refractivity contribution in [1.29, 1.82) is 0 Å². The van der Waals surface area contributed by atoms with Crippen molar-refractivity contribution >= 4 is 0 Å². The van der Waals surface area contributed by atoms with E-state index in [1.165, 1.54) is 225 Å². The smallest absolute Gasteiger partial charge is 0.0354 e. The summed E-state index contributed by atoms with van der Waals surface area (Å²) in [5, 5.41) is 0. The molecule has 0 aromatic carbocycles. The number of rotatable bonds is 0. The van der Waals surface area contributed by atoms with Crippen molar-refractivity contribution in [2.75, 3.05) is 0 Å². The normalized spacial score (nSPS) is 24.8. The van der Waals surface area contributed by atoms with Gasteiger partial charge in [0.25, 0.3) is 0 Å². The van der Waals surface area contributed by atoms with Crippen LogP contribution in [0.4, 0.5) is 0 Å². The van der Waals surface area contributed by atoms with Crippen molar-refractivity contribution in [1.82, 2.24) is 0 Å². The molecule has 0 aromatic heterocycles. The van der Waals surface area contributed by atoms with E-state index in [0.717, 1.165) is 0 Å². The van der Waals surface area contributed by atoms with Gasteiger partial charge in [-0.2, -0.15) is 0 Å². The van der Waals surface area contributed by atoms with Crippen molar-refractivity contribution in [2.45, 2.75) is 239 Å². The second-order valence-electron chi connectivity index (χ2n) is 14.3. The Bertz CT molecular complexity index is 311. The van der Waals surface area contributed by atoms with Crippen LogP contribution in [0.5, 0.6) is 0 Å². The van der Waals surface area contributed by atoms with Gasteiger partial charge in [0.2, 0.25) is 0 Å². The fraction of sp³-hybridized carbons (Fsp3) is 1.00. The van der Waals surface area contributed by atoms with Crippen molar-refractivity contribution in [2.24, 2.45) is 5.41 Å². The second-order valence-corrected chi connectivity index (χ2v) is 14.3. The summed E-state index contributed by atoms with van der Waals surface area (Å²) in [5.74, 6) is 0. The molecule has 0 amide bonds. The van der Waals surface area contributed by atoms with Crippen LogP contribution in [-0.4, -0.2) is 0 Å². The summed E-state index contributed by atoms with van der Waals surface area (Å²) in [6, 6.07) is 0. The second kappa shape index (κ2) is 28.5. The van der Waals surface area contributed by atoms with E-state index in [1.807, 2.05) is 0 Å². The summed E-state index contributed by atoms with van der Waals surface area (Å²) in [6.45, 7) is 4.91.